The molecule has 1 fully saturated rings. The van der Waals surface area contributed by atoms with Gasteiger partial charge in [0.25, 0.3) is 11.7 Å². The van der Waals surface area contributed by atoms with Gasteiger partial charge in [-0.2, -0.15) is 0 Å². The number of halogens is 1. The van der Waals surface area contributed by atoms with Crippen molar-refractivity contribution in [3.05, 3.63) is 83.7 Å². The van der Waals surface area contributed by atoms with E-state index in [0.717, 1.165) is 17.0 Å². The highest BCUT2D eigenvalue weighted by molar-refractivity contribution is 6.42. The lowest BCUT2D eigenvalue weighted by atomic mass is 10.1. The van der Waals surface area contributed by atoms with Gasteiger partial charge in [0, 0.05) is 44.6 Å². The molecule has 1 amide bonds. The molecule has 1 aromatic heterocycles. The number of amides is 1. The molecule has 0 atom stereocenters. The van der Waals surface area contributed by atoms with Crippen LogP contribution < -0.4 is 9.64 Å². The number of ether oxygens (including phenoxy) is 1. The first-order valence-corrected chi connectivity index (χ1v) is 10.5. The second-order valence-electron chi connectivity index (χ2n) is 7.81. The number of aromatic nitrogens is 1. The molecule has 0 unspecified atom stereocenters. The zero-order valence-corrected chi connectivity index (χ0v) is 19.2. The number of ketones is 1. The van der Waals surface area contributed by atoms with Crippen LogP contribution >= 0.6 is 12.4 Å². The highest BCUT2D eigenvalue weighted by Gasteiger charge is 2.28. The summed E-state index contributed by atoms with van der Waals surface area (Å²) in [6.45, 7) is 5.03. The molecule has 0 spiro atoms. The maximum absolute atomic E-state index is 13.0. The topological polar surface area (TPSA) is 54.8 Å². The van der Waals surface area contributed by atoms with E-state index >= 15 is 0 Å². The van der Waals surface area contributed by atoms with E-state index < -0.39 is 11.7 Å². The minimum Gasteiger partial charge on any atom is -0.497 e. The van der Waals surface area contributed by atoms with Gasteiger partial charge < -0.3 is 19.1 Å². The van der Waals surface area contributed by atoms with Crippen molar-refractivity contribution in [2.45, 2.75) is 13.5 Å². The number of aryl methyl sites for hydroxylation is 1. The molecule has 0 radical (unpaired) electrons. The van der Waals surface area contributed by atoms with E-state index in [4.69, 9.17) is 4.74 Å². The Hall–Kier alpha value is -3.25. The molecule has 168 valence electrons. The fraction of sp³-hybridized carbons (Fsp3) is 0.280. The summed E-state index contributed by atoms with van der Waals surface area (Å²) in [5, 5.41) is 0. The predicted octanol–water partition coefficient (Wildman–Crippen LogP) is 3.81. The smallest absolute Gasteiger partial charge is 0.296 e. The zero-order valence-electron chi connectivity index (χ0n) is 18.4. The lowest BCUT2D eigenvalue weighted by Gasteiger charge is -2.35. The molecule has 1 aliphatic rings. The highest BCUT2D eigenvalue weighted by Crippen LogP contribution is 2.21. The van der Waals surface area contributed by atoms with Gasteiger partial charge in [0.05, 0.1) is 12.8 Å². The van der Waals surface area contributed by atoms with Crippen molar-refractivity contribution in [1.29, 1.82) is 0 Å². The molecular weight excluding hydrogens is 426 g/mol. The van der Waals surface area contributed by atoms with Gasteiger partial charge in [-0.05, 0) is 48.9 Å². The molecule has 1 saturated heterocycles. The molecule has 2 heterocycles. The van der Waals surface area contributed by atoms with E-state index in [-0.39, 0.29) is 12.4 Å². The Kier molecular flexibility index (Phi) is 7.59. The number of anilines is 1. The lowest BCUT2D eigenvalue weighted by molar-refractivity contribution is -0.126. The second kappa shape index (κ2) is 10.4. The van der Waals surface area contributed by atoms with Crippen LogP contribution in [-0.4, -0.2) is 54.4 Å². The average Bonchev–Trinajstić information content (AvgIpc) is 3.28. The van der Waals surface area contributed by atoms with Crippen LogP contribution in [0.5, 0.6) is 5.75 Å². The third-order valence-electron chi connectivity index (χ3n) is 5.73. The zero-order chi connectivity index (χ0) is 21.8. The first-order valence-electron chi connectivity index (χ1n) is 10.5. The average molecular weight is 454 g/mol. The molecule has 4 rings (SSSR count). The molecule has 0 aliphatic carbocycles. The number of piperazine rings is 1. The number of benzene rings is 2. The van der Waals surface area contributed by atoms with Crippen LogP contribution in [0.3, 0.4) is 0 Å². The summed E-state index contributed by atoms with van der Waals surface area (Å²) in [6, 6.07) is 19.6. The third-order valence-corrected chi connectivity index (χ3v) is 5.73. The van der Waals surface area contributed by atoms with Gasteiger partial charge in [0.15, 0.2) is 0 Å². The van der Waals surface area contributed by atoms with Crippen molar-refractivity contribution in [2.75, 3.05) is 38.2 Å². The summed E-state index contributed by atoms with van der Waals surface area (Å²) in [5.74, 6) is -0.0648. The molecular formula is C25H28ClN3O3. The lowest BCUT2D eigenvalue weighted by Crippen LogP contribution is -2.50. The van der Waals surface area contributed by atoms with E-state index in [2.05, 4.69) is 4.90 Å². The summed E-state index contributed by atoms with van der Waals surface area (Å²) in [6.07, 6.45) is 1.85. The molecule has 6 nitrogen and oxygen atoms in total. The molecule has 2 aromatic carbocycles. The highest BCUT2D eigenvalue weighted by atomic mass is 35.5. The van der Waals surface area contributed by atoms with Crippen LogP contribution in [0.25, 0.3) is 0 Å². The first kappa shape index (κ1) is 23.4. The number of Topliss-reactive ketones (excluding diaryl/α,β-unsaturated/α-hetero) is 1. The molecule has 32 heavy (non-hydrogen) atoms. The summed E-state index contributed by atoms with van der Waals surface area (Å²) in [7, 11) is 1.65. The number of hydrogen-bond acceptors (Lipinski definition) is 4. The maximum atomic E-state index is 13.0. The SMILES string of the molecule is COc1ccc(N2CCN(C(=O)C(=O)c3cccn3Cc3ccc(C)cc3)CC2)cc1.Cl. The van der Waals surface area contributed by atoms with E-state index in [1.807, 2.05) is 72.3 Å². The molecule has 7 heteroatoms. The van der Waals surface area contributed by atoms with E-state index in [1.165, 1.54) is 5.56 Å². The van der Waals surface area contributed by atoms with Crippen molar-refractivity contribution < 1.29 is 14.3 Å². The van der Waals surface area contributed by atoms with Crippen molar-refractivity contribution in [1.82, 2.24) is 9.47 Å². The number of nitrogens with zero attached hydrogens (tertiary/aromatic N) is 3. The number of hydrogen-bond donors (Lipinski definition) is 0. The number of rotatable bonds is 6. The summed E-state index contributed by atoms with van der Waals surface area (Å²) in [4.78, 5) is 29.7. The summed E-state index contributed by atoms with van der Waals surface area (Å²) >= 11 is 0. The van der Waals surface area contributed by atoms with E-state index in [1.54, 1.807) is 18.1 Å². The van der Waals surface area contributed by atoms with Gasteiger partial charge in [0.2, 0.25) is 0 Å². The van der Waals surface area contributed by atoms with Crippen molar-refractivity contribution >= 4 is 29.8 Å². The Balaban J connectivity index is 0.00000289. The van der Waals surface area contributed by atoms with Crippen LogP contribution in [0.4, 0.5) is 5.69 Å². The minimum absolute atomic E-state index is 0. The van der Waals surface area contributed by atoms with Crippen LogP contribution in [0.2, 0.25) is 0 Å². The minimum atomic E-state index is -0.449. The summed E-state index contributed by atoms with van der Waals surface area (Å²) in [5.41, 5.74) is 3.81. The first-order chi connectivity index (χ1) is 15.0. The van der Waals surface area contributed by atoms with Gasteiger partial charge in [-0.1, -0.05) is 29.8 Å². The van der Waals surface area contributed by atoms with E-state index in [0.29, 0.717) is 38.4 Å². The van der Waals surface area contributed by atoms with Crippen molar-refractivity contribution in [2.24, 2.45) is 0 Å². The van der Waals surface area contributed by atoms with Gasteiger partial charge >= 0.3 is 0 Å². The Morgan fingerprint density at radius 2 is 1.56 bits per heavy atom. The molecule has 0 N–H and O–H groups in total. The molecule has 3 aromatic rings. The van der Waals surface area contributed by atoms with Gasteiger partial charge in [-0.15, -0.1) is 12.4 Å². The molecule has 0 bridgehead atoms. The van der Waals surface area contributed by atoms with Crippen molar-refractivity contribution in [3.8, 4) is 5.75 Å². The Bertz CT molecular complexity index is 1050. The Morgan fingerprint density at radius 1 is 0.906 bits per heavy atom. The van der Waals surface area contributed by atoms with Gasteiger partial charge in [0.1, 0.15) is 5.75 Å². The van der Waals surface area contributed by atoms with Crippen LogP contribution in [0.1, 0.15) is 21.6 Å². The van der Waals surface area contributed by atoms with Gasteiger partial charge in [-0.25, -0.2) is 0 Å². The fourth-order valence-electron chi connectivity index (χ4n) is 3.86. The number of methoxy groups -OCH3 is 1. The summed E-state index contributed by atoms with van der Waals surface area (Å²) < 4.78 is 7.05. The monoisotopic (exact) mass is 453 g/mol. The van der Waals surface area contributed by atoms with Crippen LogP contribution in [-0.2, 0) is 11.3 Å². The van der Waals surface area contributed by atoms with E-state index in [9.17, 15) is 9.59 Å². The number of carbonyl (C=O) groups is 2. The standard InChI is InChI=1S/C25H27N3O3.ClH/c1-19-5-7-20(8-6-19)18-28-13-3-4-23(28)24(29)25(30)27-16-14-26(15-17-27)21-9-11-22(31-2)12-10-21;/h3-13H,14-18H2,1-2H3;1H. The Morgan fingerprint density at radius 3 is 2.19 bits per heavy atom. The quantitative estimate of drug-likeness (QED) is 0.420. The van der Waals surface area contributed by atoms with Gasteiger partial charge in [-0.3, -0.25) is 9.59 Å². The fourth-order valence-corrected chi connectivity index (χ4v) is 3.86. The second-order valence-corrected chi connectivity index (χ2v) is 7.81. The molecule has 0 saturated carbocycles. The number of carbonyl (C=O) groups excluding carboxylic acids is 2. The maximum Gasteiger partial charge on any atom is 0.296 e. The third kappa shape index (κ3) is 5.14. The van der Waals surface area contributed by atoms with Crippen molar-refractivity contribution in [3.63, 3.8) is 0 Å². The van der Waals surface area contributed by atoms with Crippen LogP contribution in [0, 0.1) is 6.92 Å². The normalized spacial score (nSPS) is 13.4. The largest absolute Gasteiger partial charge is 0.497 e. The predicted molar refractivity (Wildman–Crippen MR) is 128 cm³/mol. The van der Waals surface area contributed by atoms with Crippen LogP contribution in [0.15, 0.2) is 66.9 Å². The Labute approximate surface area is 194 Å². The molecule has 1 aliphatic heterocycles.